The second-order valence-electron chi connectivity index (χ2n) is 15.0. The van der Waals surface area contributed by atoms with Gasteiger partial charge in [0.05, 0.1) is 17.1 Å². The summed E-state index contributed by atoms with van der Waals surface area (Å²) >= 11 is 0. The van der Waals surface area contributed by atoms with E-state index < -0.39 is 0 Å². The van der Waals surface area contributed by atoms with E-state index in [9.17, 15) is 10.1 Å². The highest BCUT2D eigenvalue weighted by Crippen LogP contribution is 2.42. The Morgan fingerprint density at radius 1 is 0.593 bits per heavy atom. The molecule has 59 heavy (non-hydrogen) atoms. The van der Waals surface area contributed by atoms with Gasteiger partial charge in [-0.1, -0.05) is 12.1 Å². The molecule has 0 unspecified atom stereocenters. The zero-order valence-corrected chi connectivity index (χ0v) is 35.1. The van der Waals surface area contributed by atoms with E-state index in [1.807, 2.05) is 114 Å². The van der Waals surface area contributed by atoms with Gasteiger partial charge in [-0.2, -0.15) is 0 Å². The molecule has 11 heteroatoms. The normalized spacial score (nSPS) is 10.8. The lowest BCUT2D eigenvalue weighted by atomic mass is 9.93. The van der Waals surface area contributed by atoms with Gasteiger partial charge in [-0.05, 0) is 78.7 Å². The lowest BCUT2D eigenvalue weighted by Gasteiger charge is -2.18. The Balaban J connectivity index is 0.000000187. The van der Waals surface area contributed by atoms with Crippen molar-refractivity contribution in [3.63, 3.8) is 0 Å². The molecule has 2 heterocycles. The van der Waals surface area contributed by atoms with Crippen molar-refractivity contribution in [2.45, 2.75) is 6.92 Å². The van der Waals surface area contributed by atoms with E-state index in [0.29, 0.717) is 0 Å². The summed E-state index contributed by atoms with van der Waals surface area (Å²) in [5.74, 6) is 1.64. The number of nitrogens with two attached hydrogens (primary N) is 1. The maximum absolute atomic E-state index is 11.1. The largest absolute Gasteiger partial charge is 0.456 e. The van der Waals surface area contributed by atoms with Gasteiger partial charge in [-0.3, -0.25) is 10.1 Å². The van der Waals surface area contributed by atoms with Crippen LogP contribution in [0.4, 0.5) is 22.7 Å². The van der Waals surface area contributed by atoms with Gasteiger partial charge in [0.1, 0.15) is 50.9 Å². The van der Waals surface area contributed by atoms with Crippen LogP contribution in [0.5, 0.6) is 0 Å². The Kier molecular flexibility index (Phi) is 12.5. The predicted octanol–water partition coefficient (Wildman–Crippen LogP) is 8.09. The molecule has 4 aliphatic rings. The van der Waals surface area contributed by atoms with Crippen LogP contribution in [0.2, 0.25) is 0 Å². The van der Waals surface area contributed by atoms with Gasteiger partial charge in [0.25, 0.3) is 5.69 Å². The molecule has 0 atom stereocenters. The molecular formula is C48H52N6O5+2. The quantitative estimate of drug-likeness (QED) is 0.0589. The third kappa shape index (κ3) is 8.95. The summed E-state index contributed by atoms with van der Waals surface area (Å²) < 4.78 is 16.7. The Morgan fingerprint density at radius 2 is 0.983 bits per heavy atom. The van der Waals surface area contributed by atoms with Crippen LogP contribution in [-0.4, -0.2) is 73.0 Å². The van der Waals surface area contributed by atoms with Crippen LogP contribution in [0.3, 0.4) is 0 Å². The van der Waals surface area contributed by atoms with Crippen molar-refractivity contribution in [2.24, 2.45) is 0 Å². The second kappa shape index (κ2) is 17.7. The summed E-state index contributed by atoms with van der Waals surface area (Å²) in [6.45, 7) is 1.93. The van der Waals surface area contributed by atoms with Crippen molar-refractivity contribution >= 4 is 44.7 Å². The van der Waals surface area contributed by atoms with Gasteiger partial charge < -0.3 is 29.5 Å². The summed E-state index contributed by atoms with van der Waals surface area (Å²) in [4.78, 5) is 14.8. The lowest BCUT2D eigenvalue weighted by molar-refractivity contribution is -0.384. The fourth-order valence-corrected chi connectivity index (χ4v) is 6.87. The highest BCUT2D eigenvalue weighted by Gasteiger charge is 2.20. The number of fused-ring (bicyclic) bond motifs is 4. The highest BCUT2D eigenvalue weighted by molar-refractivity contribution is 6.04. The summed E-state index contributed by atoms with van der Waals surface area (Å²) in [5, 5.41) is 22.8. The molecule has 11 nitrogen and oxygen atoms in total. The average molecular weight is 793 g/mol. The number of aliphatic hydroxyl groups excluding tert-OH is 1. The number of nitrogens with zero attached hydrogens (tertiary/aromatic N) is 5. The number of benzene rings is 6. The fraction of sp³-hybridized carbons (Fsp3) is 0.208. The van der Waals surface area contributed by atoms with Gasteiger partial charge >= 0.3 is 0 Å². The molecule has 302 valence electrons. The van der Waals surface area contributed by atoms with Crippen molar-refractivity contribution in [1.82, 2.24) is 9.15 Å². The first kappa shape index (κ1) is 41.6. The molecule has 0 radical (unpaired) electrons. The number of aliphatic hydroxyl groups is 1. The standard InChI is InChI=1S/C23H22N3O3.C23H23N3O.C2H6O/c1-24(2)17-9-11-19-21(13-17)29-22-14-18(25(3)4)10-12-20(22)23(19)15-5-7-16(8-6-15)26(27)28;1-25(2)17-9-11-19-21(13-17)27-22-14-18(26(3)4)10-12-20(22)23(19)15-5-7-16(24)8-6-15;1-2-3/h5-14H,1-4H3;5-14,24H,1-4H3;3H,2H2,1H3/q+1;;/p+1. The molecule has 4 aromatic carbocycles. The van der Waals surface area contributed by atoms with E-state index in [2.05, 4.69) is 58.0 Å². The monoisotopic (exact) mass is 792 g/mol. The molecule has 0 bridgehead atoms. The predicted molar refractivity (Wildman–Crippen MR) is 243 cm³/mol. The van der Waals surface area contributed by atoms with Crippen LogP contribution >= 0.6 is 0 Å². The number of rotatable bonds is 5. The second-order valence-corrected chi connectivity index (χ2v) is 15.0. The van der Waals surface area contributed by atoms with Crippen molar-refractivity contribution in [2.75, 3.05) is 78.5 Å². The third-order valence-corrected chi connectivity index (χ3v) is 10.0. The summed E-state index contributed by atoms with van der Waals surface area (Å²) in [5.41, 5.74) is 16.8. The number of nitro groups is 1. The fourth-order valence-electron chi connectivity index (χ4n) is 6.87. The number of hydrogen-bond acceptors (Lipinski definition) is 8. The van der Waals surface area contributed by atoms with Gasteiger partial charge in [-0.25, -0.2) is 9.15 Å². The molecule has 0 amide bonds. The van der Waals surface area contributed by atoms with Gasteiger partial charge in [0.2, 0.25) is 10.7 Å². The maximum atomic E-state index is 11.1. The molecule has 3 N–H and O–H groups in total. The lowest BCUT2D eigenvalue weighted by Crippen LogP contribution is -2.21. The van der Waals surface area contributed by atoms with Crippen molar-refractivity contribution < 1.29 is 18.9 Å². The van der Waals surface area contributed by atoms with Crippen LogP contribution in [0, 0.1) is 10.1 Å². The highest BCUT2D eigenvalue weighted by atomic mass is 16.6. The molecule has 0 saturated carbocycles. The molecule has 0 fully saturated rings. The Hall–Kier alpha value is -6.98. The van der Waals surface area contributed by atoms with E-state index in [-0.39, 0.29) is 17.2 Å². The number of non-ortho nitro benzene ring substituents is 1. The Labute approximate surface area is 344 Å². The van der Waals surface area contributed by atoms with Crippen LogP contribution < -0.4 is 35.4 Å². The minimum absolute atomic E-state index is 0.0766. The topological polar surface area (TPSA) is 128 Å². The molecule has 8 rings (SSSR count). The smallest absolute Gasteiger partial charge is 0.269 e. The molecular weight excluding hydrogens is 741 g/mol. The number of nitrogen functional groups attached to an aromatic ring is 1. The van der Waals surface area contributed by atoms with Crippen molar-refractivity contribution in [3.05, 3.63) is 142 Å². The van der Waals surface area contributed by atoms with Crippen LogP contribution in [0.25, 0.3) is 66.8 Å². The van der Waals surface area contributed by atoms with Crippen LogP contribution in [-0.2, 0) is 0 Å². The third-order valence-electron chi connectivity index (χ3n) is 10.0. The van der Waals surface area contributed by atoms with Gasteiger partial charge in [0, 0.05) is 121 Å². The zero-order chi connectivity index (χ0) is 42.5. The van der Waals surface area contributed by atoms with Gasteiger partial charge in [-0.15, -0.1) is 0 Å². The van der Waals surface area contributed by atoms with Crippen molar-refractivity contribution in [1.29, 1.82) is 0 Å². The van der Waals surface area contributed by atoms with E-state index in [0.717, 1.165) is 89.1 Å². The SMILES string of the molecule is CCO.CN(C)c1ccc2c(-c3ccc(N)cc3)c3ccc(=[N+](C)C)cc-3oc2c1.CN(C)c1ccc2c(-c3ccc([N+](=O)[O-])cc3)c3ccc(=[N+](C)C)cc-3oc2c1. The van der Waals surface area contributed by atoms with Crippen LogP contribution in [0.15, 0.2) is 130 Å². The van der Waals surface area contributed by atoms with Gasteiger partial charge in [0.15, 0.2) is 0 Å². The van der Waals surface area contributed by atoms with E-state index in [1.54, 1.807) is 31.2 Å². The molecule has 2 aliphatic carbocycles. The van der Waals surface area contributed by atoms with E-state index >= 15 is 0 Å². The molecule has 0 spiro atoms. The Morgan fingerprint density at radius 3 is 1.34 bits per heavy atom. The van der Waals surface area contributed by atoms with Crippen molar-refractivity contribution in [3.8, 4) is 44.9 Å². The van der Waals surface area contributed by atoms with E-state index in [1.165, 1.54) is 5.56 Å². The molecule has 2 aliphatic heterocycles. The Bertz CT molecular complexity index is 2850. The molecule has 0 saturated heterocycles. The average Bonchev–Trinajstić information content (AvgIpc) is 3.22. The minimum atomic E-state index is -0.382. The zero-order valence-electron chi connectivity index (χ0n) is 35.1. The van der Waals surface area contributed by atoms with Crippen LogP contribution in [0.1, 0.15) is 6.92 Å². The number of hydrogen-bond donors (Lipinski definition) is 2. The summed E-state index contributed by atoms with van der Waals surface area (Å²) in [6.07, 6.45) is 0. The first-order valence-electron chi connectivity index (χ1n) is 19.3. The minimum Gasteiger partial charge on any atom is -0.456 e. The molecule has 4 aromatic rings. The summed E-state index contributed by atoms with van der Waals surface area (Å²) in [6, 6.07) is 39.7. The number of nitro benzene ring substituents is 1. The maximum Gasteiger partial charge on any atom is 0.269 e. The first-order chi connectivity index (χ1) is 28.2. The van der Waals surface area contributed by atoms with E-state index in [4.69, 9.17) is 19.7 Å². The number of anilines is 3. The first-order valence-corrected chi connectivity index (χ1v) is 19.3. The molecule has 0 aromatic heterocycles. The summed E-state index contributed by atoms with van der Waals surface area (Å²) in [7, 11) is 16.1.